The van der Waals surface area contributed by atoms with Gasteiger partial charge in [-0.1, -0.05) is 17.7 Å². The van der Waals surface area contributed by atoms with Crippen LogP contribution in [0.15, 0.2) is 35.3 Å². The molecule has 0 aromatic carbocycles. The molecule has 0 aliphatic carbocycles. The lowest BCUT2D eigenvalue weighted by Crippen LogP contribution is -2.48. The van der Waals surface area contributed by atoms with E-state index in [1.54, 1.807) is 11.1 Å². The summed E-state index contributed by atoms with van der Waals surface area (Å²) in [5.74, 6) is 1.32. The van der Waals surface area contributed by atoms with Crippen LogP contribution in [-0.2, 0) is 22.6 Å². The van der Waals surface area contributed by atoms with Crippen LogP contribution in [-0.4, -0.2) is 54.2 Å². The number of esters is 1. The van der Waals surface area contributed by atoms with Crippen molar-refractivity contribution in [3.63, 3.8) is 0 Å². The minimum atomic E-state index is -0.309. The number of carbonyl (C=O) groups is 1. The van der Waals surface area contributed by atoms with E-state index in [1.807, 2.05) is 29.8 Å². The van der Waals surface area contributed by atoms with Gasteiger partial charge >= 0.3 is 5.97 Å². The Hall–Kier alpha value is -2.38. The molecule has 0 amide bonds. The van der Waals surface area contributed by atoms with Crippen LogP contribution in [0.25, 0.3) is 0 Å². The first kappa shape index (κ1) is 19.9. The number of likely N-dealkylation sites (N-methyl/N-ethyl adjacent to an activating group) is 1. The van der Waals surface area contributed by atoms with Gasteiger partial charge in [0.1, 0.15) is 5.82 Å². The third-order valence-corrected chi connectivity index (χ3v) is 6.01. The van der Waals surface area contributed by atoms with Crippen molar-refractivity contribution in [3.8, 4) is 0 Å². The van der Waals surface area contributed by atoms with Crippen LogP contribution in [0.5, 0.6) is 0 Å². The van der Waals surface area contributed by atoms with E-state index in [2.05, 4.69) is 16.0 Å². The first-order valence-electron chi connectivity index (χ1n) is 9.79. The number of rotatable bonds is 5. The molecule has 2 bridgehead atoms. The van der Waals surface area contributed by atoms with Crippen molar-refractivity contribution in [2.45, 2.75) is 25.4 Å². The number of methoxy groups -OCH3 is 1. The molecule has 0 radical (unpaired) electrons. The summed E-state index contributed by atoms with van der Waals surface area (Å²) in [6.45, 7) is 3.01. The molecular weight excluding hydrogens is 392 g/mol. The number of nitrogens with zero attached hydrogens (tertiary/aromatic N) is 4. The molecule has 1 fully saturated rings. The molecule has 29 heavy (non-hydrogen) atoms. The monoisotopic (exact) mass is 416 g/mol. The minimum absolute atomic E-state index is 0.0481. The summed E-state index contributed by atoms with van der Waals surface area (Å²) >= 11 is 5.97. The summed E-state index contributed by atoms with van der Waals surface area (Å²) < 4.78 is 6.64. The van der Waals surface area contributed by atoms with Crippen molar-refractivity contribution in [3.05, 3.63) is 57.1 Å². The first-order chi connectivity index (χ1) is 13.9. The highest BCUT2D eigenvalue weighted by Crippen LogP contribution is 2.36. The number of hydrogen-bond acceptors (Lipinski definition) is 6. The Morgan fingerprint density at radius 1 is 1.28 bits per heavy atom. The Kier molecular flexibility index (Phi) is 5.61. The highest BCUT2D eigenvalue weighted by atomic mass is 35.5. The molecule has 7 nitrogen and oxygen atoms in total. The summed E-state index contributed by atoms with van der Waals surface area (Å²) in [7, 11) is 3.18. The maximum absolute atomic E-state index is 13.1. The molecule has 0 N–H and O–H groups in total. The van der Waals surface area contributed by atoms with E-state index in [0.29, 0.717) is 35.5 Å². The van der Waals surface area contributed by atoms with Crippen molar-refractivity contribution >= 4 is 23.4 Å². The number of ether oxygens (including phenoxy) is 1. The Morgan fingerprint density at radius 2 is 2.10 bits per heavy atom. The molecule has 2 aromatic heterocycles. The zero-order chi connectivity index (χ0) is 20.5. The molecule has 2 aliphatic heterocycles. The Labute approximate surface area is 174 Å². The first-order valence-corrected chi connectivity index (χ1v) is 10.2. The Bertz CT molecular complexity index is 959. The van der Waals surface area contributed by atoms with Crippen LogP contribution in [0.2, 0.25) is 5.02 Å². The Balaban J connectivity index is 1.54. The van der Waals surface area contributed by atoms with Crippen LogP contribution >= 0.6 is 11.6 Å². The summed E-state index contributed by atoms with van der Waals surface area (Å²) in [4.78, 5) is 33.1. The summed E-state index contributed by atoms with van der Waals surface area (Å²) in [5.41, 5.74) is 1.84. The molecule has 4 rings (SSSR count). The maximum Gasteiger partial charge on any atom is 0.319 e. The van der Waals surface area contributed by atoms with E-state index in [9.17, 15) is 9.59 Å². The number of aromatic nitrogens is 2. The number of carbonyl (C=O) groups excluding carboxylic acids is 1. The van der Waals surface area contributed by atoms with Crippen LogP contribution in [0.4, 0.5) is 5.82 Å². The quantitative estimate of drug-likeness (QED) is 0.695. The lowest BCUT2D eigenvalue weighted by Gasteiger charge is -2.43. The summed E-state index contributed by atoms with van der Waals surface area (Å²) in [5, 5.41) is 0.632. The standard InChI is InChI=1S/C21H25ClN4O3/c1-24(13-20(27)29-2)11-15-3-5-18-16-7-14(10-26(18)21(15)28)9-25(12-16)19-6-4-17(22)8-23-19/h3-6,8,14,16H,7,9-13H2,1-2H3/t14-,16+/m0/s1. The topological polar surface area (TPSA) is 67.7 Å². The van der Waals surface area contributed by atoms with Gasteiger partial charge in [0.25, 0.3) is 5.56 Å². The third-order valence-electron chi connectivity index (χ3n) is 5.79. The Morgan fingerprint density at radius 3 is 2.83 bits per heavy atom. The summed E-state index contributed by atoms with van der Waals surface area (Å²) in [6, 6.07) is 7.80. The fourth-order valence-corrected chi connectivity index (χ4v) is 4.60. The predicted molar refractivity (Wildman–Crippen MR) is 111 cm³/mol. The molecule has 0 unspecified atom stereocenters. The molecule has 0 spiro atoms. The van der Waals surface area contributed by atoms with Gasteiger partial charge in [0.15, 0.2) is 0 Å². The molecule has 8 heteroatoms. The normalized spacial score (nSPS) is 20.5. The van der Waals surface area contributed by atoms with Gasteiger partial charge in [0.2, 0.25) is 0 Å². The number of hydrogen-bond donors (Lipinski definition) is 0. The van der Waals surface area contributed by atoms with E-state index in [4.69, 9.17) is 16.3 Å². The van der Waals surface area contributed by atoms with E-state index >= 15 is 0 Å². The summed E-state index contributed by atoms with van der Waals surface area (Å²) in [6.07, 6.45) is 2.77. The third kappa shape index (κ3) is 4.16. The van der Waals surface area contributed by atoms with Gasteiger partial charge in [-0.3, -0.25) is 14.5 Å². The van der Waals surface area contributed by atoms with Crippen LogP contribution < -0.4 is 10.5 Å². The molecule has 2 aromatic rings. The average Bonchev–Trinajstić information content (AvgIpc) is 2.70. The van der Waals surface area contributed by atoms with Gasteiger partial charge < -0.3 is 14.2 Å². The van der Waals surface area contributed by atoms with Gasteiger partial charge in [0, 0.05) is 49.6 Å². The van der Waals surface area contributed by atoms with E-state index < -0.39 is 0 Å². The fourth-order valence-electron chi connectivity index (χ4n) is 4.49. The van der Waals surface area contributed by atoms with Crippen LogP contribution in [0, 0.1) is 5.92 Å². The SMILES string of the molecule is COC(=O)CN(C)Cc1ccc2n(c1=O)C[C@H]1C[C@@H]2CN(c2ccc(Cl)cn2)C1. The van der Waals surface area contributed by atoms with Crippen LogP contribution in [0.1, 0.15) is 23.6 Å². The van der Waals surface area contributed by atoms with E-state index in [1.165, 1.54) is 7.11 Å². The highest BCUT2D eigenvalue weighted by molar-refractivity contribution is 6.30. The second kappa shape index (κ2) is 8.16. The van der Waals surface area contributed by atoms with Gasteiger partial charge in [-0.25, -0.2) is 4.98 Å². The number of fused-ring (bicyclic) bond motifs is 4. The zero-order valence-electron chi connectivity index (χ0n) is 16.7. The average molecular weight is 417 g/mol. The molecule has 1 saturated heterocycles. The molecule has 2 aliphatic rings. The maximum atomic E-state index is 13.1. The molecule has 4 heterocycles. The van der Waals surface area contributed by atoms with Crippen molar-refractivity contribution < 1.29 is 9.53 Å². The number of anilines is 1. The van der Waals surface area contributed by atoms with Crippen LogP contribution in [0.3, 0.4) is 0 Å². The molecular formula is C21H25ClN4O3. The number of pyridine rings is 2. The van der Waals surface area contributed by atoms with E-state index in [-0.39, 0.29) is 18.1 Å². The number of piperidine rings is 1. The second-order valence-corrected chi connectivity index (χ2v) is 8.42. The largest absolute Gasteiger partial charge is 0.468 e. The van der Waals surface area contributed by atoms with Crippen molar-refractivity contribution in [1.29, 1.82) is 0 Å². The van der Waals surface area contributed by atoms with Gasteiger partial charge in [-0.2, -0.15) is 0 Å². The van der Waals surface area contributed by atoms with Crippen molar-refractivity contribution in [2.75, 3.05) is 38.7 Å². The molecule has 0 saturated carbocycles. The second-order valence-electron chi connectivity index (χ2n) is 7.99. The van der Waals surface area contributed by atoms with Crippen molar-refractivity contribution in [2.24, 2.45) is 5.92 Å². The fraction of sp³-hybridized carbons (Fsp3) is 0.476. The lowest BCUT2D eigenvalue weighted by atomic mass is 9.83. The van der Waals surface area contributed by atoms with E-state index in [0.717, 1.165) is 31.0 Å². The smallest absolute Gasteiger partial charge is 0.319 e. The van der Waals surface area contributed by atoms with Gasteiger partial charge in [-0.05, 0) is 37.6 Å². The highest BCUT2D eigenvalue weighted by Gasteiger charge is 2.35. The van der Waals surface area contributed by atoms with Crippen molar-refractivity contribution in [1.82, 2.24) is 14.5 Å². The molecule has 154 valence electrons. The zero-order valence-corrected chi connectivity index (χ0v) is 17.4. The number of halogens is 1. The van der Waals surface area contributed by atoms with Gasteiger partial charge in [-0.15, -0.1) is 0 Å². The minimum Gasteiger partial charge on any atom is -0.468 e. The predicted octanol–water partition coefficient (Wildman–Crippen LogP) is 2.13. The molecule has 2 atom stereocenters. The lowest BCUT2D eigenvalue weighted by molar-refractivity contribution is -0.141. The van der Waals surface area contributed by atoms with Gasteiger partial charge in [0.05, 0.1) is 18.7 Å².